The molecule has 112 valence electrons. The lowest BCUT2D eigenvalue weighted by molar-refractivity contribution is -0.124. The highest BCUT2D eigenvalue weighted by Gasteiger charge is 2.18. The Morgan fingerprint density at radius 1 is 1.11 bits per heavy atom. The molecule has 0 spiro atoms. The highest BCUT2D eigenvalue weighted by atomic mass is 16.2. The third kappa shape index (κ3) is 9.47. The molecule has 5 heteroatoms. The van der Waals surface area contributed by atoms with E-state index in [1.165, 1.54) is 0 Å². The summed E-state index contributed by atoms with van der Waals surface area (Å²) in [6.07, 6.45) is 2.25. The maximum absolute atomic E-state index is 11.6. The van der Waals surface area contributed by atoms with Crippen LogP contribution in [0, 0.1) is 11.3 Å². The summed E-state index contributed by atoms with van der Waals surface area (Å²) >= 11 is 0. The molecule has 0 unspecified atom stereocenters. The molecule has 0 saturated carbocycles. The average molecular weight is 271 g/mol. The summed E-state index contributed by atoms with van der Waals surface area (Å²) in [7, 11) is 0. The lowest BCUT2D eigenvalue weighted by Gasteiger charge is -2.23. The van der Waals surface area contributed by atoms with Crippen LogP contribution in [0.3, 0.4) is 0 Å². The maximum atomic E-state index is 11.6. The molecule has 0 radical (unpaired) electrons. The molecule has 0 heterocycles. The van der Waals surface area contributed by atoms with E-state index < -0.39 is 0 Å². The summed E-state index contributed by atoms with van der Waals surface area (Å²) < 4.78 is 0. The number of rotatable bonds is 9. The second-order valence-corrected chi connectivity index (χ2v) is 6.00. The predicted molar refractivity (Wildman–Crippen MR) is 77.5 cm³/mol. The molecule has 0 aliphatic heterocycles. The Bertz CT molecular complexity index is 288. The van der Waals surface area contributed by atoms with E-state index in [0.29, 0.717) is 26.1 Å². The minimum Gasteiger partial charge on any atom is -0.354 e. The SMILES string of the molecule is CC(C)C(=O)NCCNC(=O)CCC(C)(C)CCN. The number of carbonyl (C=O) groups is 2. The van der Waals surface area contributed by atoms with E-state index in [2.05, 4.69) is 24.5 Å². The van der Waals surface area contributed by atoms with Gasteiger partial charge in [0.1, 0.15) is 0 Å². The van der Waals surface area contributed by atoms with E-state index in [-0.39, 0.29) is 23.1 Å². The number of carbonyl (C=O) groups excluding carboxylic acids is 2. The topological polar surface area (TPSA) is 84.2 Å². The molecule has 0 aromatic carbocycles. The molecule has 0 saturated heterocycles. The highest BCUT2D eigenvalue weighted by Crippen LogP contribution is 2.25. The smallest absolute Gasteiger partial charge is 0.222 e. The first kappa shape index (κ1) is 17.9. The molecule has 0 aliphatic rings. The van der Waals surface area contributed by atoms with Gasteiger partial charge in [0.25, 0.3) is 0 Å². The van der Waals surface area contributed by atoms with Gasteiger partial charge < -0.3 is 16.4 Å². The van der Waals surface area contributed by atoms with Gasteiger partial charge in [0.15, 0.2) is 0 Å². The minimum atomic E-state index is -0.0206. The molecule has 2 amide bonds. The van der Waals surface area contributed by atoms with Gasteiger partial charge in [-0.05, 0) is 24.8 Å². The summed E-state index contributed by atoms with van der Waals surface area (Å²) in [6, 6.07) is 0. The Labute approximate surface area is 116 Å². The van der Waals surface area contributed by atoms with Crippen LogP contribution < -0.4 is 16.4 Å². The molecular weight excluding hydrogens is 242 g/mol. The molecule has 19 heavy (non-hydrogen) atoms. The lowest BCUT2D eigenvalue weighted by Crippen LogP contribution is -2.36. The fourth-order valence-electron chi connectivity index (χ4n) is 1.65. The lowest BCUT2D eigenvalue weighted by atomic mass is 9.84. The van der Waals surface area contributed by atoms with Crippen molar-refractivity contribution in [1.29, 1.82) is 0 Å². The molecule has 0 rings (SSSR count). The van der Waals surface area contributed by atoms with Crippen molar-refractivity contribution < 1.29 is 9.59 Å². The van der Waals surface area contributed by atoms with Gasteiger partial charge in [-0.3, -0.25) is 9.59 Å². The van der Waals surface area contributed by atoms with Gasteiger partial charge in [-0.2, -0.15) is 0 Å². The largest absolute Gasteiger partial charge is 0.354 e. The average Bonchev–Trinajstić information content (AvgIpc) is 2.31. The molecule has 0 aromatic heterocycles. The first-order valence-electron chi connectivity index (χ1n) is 7.03. The molecule has 0 bridgehead atoms. The first-order chi connectivity index (χ1) is 8.78. The van der Waals surface area contributed by atoms with Gasteiger partial charge in [0, 0.05) is 25.4 Å². The second kappa shape index (κ2) is 8.91. The van der Waals surface area contributed by atoms with Crippen molar-refractivity contribution in [3.05, 3.63) is 0 Å². The Kier molecular flexibility index (Phi) is 8.39. The van der Waals surface area contributed by atoms with Crippen molar-refractivity contribution >= 4 is 11.8 Å². The van der Waals surface area contributed by atoms with E-state index in [1.807, 2.05) is 13.8 Å². The second-order valence-electron chi connectivity index (χ2n) is 6.00. The zero-order chi connectivity index (χ0) is 14.9. The van der Waals surface area contributed by atoms with E-state index in [9.17, 15) is 9.59 Å². The molecule has 0 fully saturated rings. The Hall–Kier alpha value is -1.10. The number of nitrogens with two attached hydrogens (primary N) is 1. The van der Waals surface area contributed by atoms with Crippen LogP contribution in [0.5, 0.6) is 0 Å². The number of amides is 2. The van der Waals surface area contributed by atoms with Gasteiger partial charge in [0.2, 0.25) is 11.8 Å². The summed E-state index contributed by atoms with van der Waals surface area (Å²) in [5.74, 6) is 0.0231. The van der Waals surface area contributed by atoms with Crippen LogP contribution in [0.25, 0.3) is 0 Å². The van der Waals surface area contributed by atoms with Crippen LogP contribution in [0.1, 0.15) is 47.0 Å². The third-order valence-corrected chi connectivity index (χ3v) is 3.12. The van der Waals surface area contributed by atoms with Crippen LogP contribution in [0.4, 0.5) is 0 Å². The summed E-state index contributed by atoms with van der Waals surface area (Å²) in [6.45, 7) is 9.53. The van der Waals surface area contributed by atoms with Crippen LogP contribution in [-0.4, -0.2) is 31.4 Å². The van der Waals surface area contributed by atoms with E-state index >= 15 is 0 Å². The van der Waals surface area contributed by atoms with Gasteiger partial charge in [-0.1, -0.05) is 27.7 Å². The van der Waals surface area contributed by atoms with E-state index in [0.717, 1.165) is 12.8 Å². The zero-order valence-corrected chi connectivity index (χ0v) is 12.7. The van der Waals surface area contributed by atoms with Gasteiger partial charge in [-0.15, -0.1) is 0 Å². The predicted octanol–water partition coefficient (Wildman–Crippen LogP) is 1.03. The van der Waals surface area contributed by atoms with Crippen molar-refractivity contribution in [3.8, 4) is 0 Å². The van der Waals surface area contributed by atoms with Gasteiger partial charge in [-0.25, -0.2) is 0 Å². The van der Waals surface area contributed by atoms with Crippen LogP contribution in [0.15, 0.2) is 0 Å². The Balaban J connectivity index is 3.68. The standard InChI is InChI=1S/C14H29N3O2/c1-11(2)13(19)17-10-9-16-12(18)5-6-14(3,4)7-8-15/h11H,5-10,15H2,1-4H3,(H,16,18)(H,17,19). The fourth-order valence-corrected chi connectivity index (χ4v) is 1.65. The van der Waals surface area contributed by atoms with Crippen LogP contribution >= 0.6 is 0 Å². The van der Waals surface area contributed by atoms with Gasteiger partial charge in [0.05, 0.1) is 0 Å². The monoisotopic (exact) mass is 271 g/mol. The Morgan fingerprint density at radius 3 is 2.21 bits per heavy atom. The molecular formula is C14H29N3O2. The normalized spacial score (nSPS) is 11.5. The van der Waals surface area contributed by atoms with E-state index in [1.54, 1.807) is 0 Å². The van der Waals surface area contributed by atoms with Crippen molar-refractivity contribution in [2.24, 2.45) is 17.1 Å². The minimum absolute atomic E-state index is 0.0123. The Morgan fingerprint density at radius 2 is 1.68 bits per heavy atom. The van der Waals surface area contributed by atoms with Crippen molar-refractivity contribution in [1.82, 2.24) is 10.6 Å². The van der Waals surface area contributed by atoms with Crippen molar-refractivity contribution in [2.45, 2.75) is 47.0 Å². The van der Waals surface area contributed by atoms with E-state index in [4.69, 9.17) is 5.73 Å². The van der Waals surface area contributed by atoms with Crippen molar-refractivity contribution in [2.75, 3.05) is 19.6 Å². The zero-order valence-electron chi connectivity index (χ0n) is 12.7. The third-order valence-electron chi connectivity index (χ3n) is 3.12. The summed E-state index contributed by atoms with van der Waals surface area (Å²) in [5, 5.41) is 5.57. The number of hydrogen-bond donors (Lipinski definition) is 3. The van der Waals surface area contributed by atoms with Crippen LogP contribution in [-0.2, 0) is 9.59 Å². The molecule has 0 atom stereocenters. The van der Waals surface area contributed by atoms with Gasteiger partial charge >= 0.3 is 0 Å². The van der Waals surface area contributed by atoms with Crippen molar-refractivity contribution in [3.63, 3.8) is 0 Å². The quantitative estimate of drug-likeness (QED) is 0.548. The maximum Gasteiger partial charge on any atom is 0.222 e. The fraction of sp³-hybridized carbons (Fsp3) is 0.857. The molecule has 4 N–H and O–H groups in total. The molecule has 0 aliphatic carbocycles. The number of nitrogens with one attached hydrogen (secondary N) is 2. The molecule has 0 aromatic rings. The first-order valence-corrected chi connectivity index (χ1v) is 7.03. The molecule has 5 nitrogen and oxygen atoms in total. The van der Waals surface area contributed by atoms with Crippen LogP contribution in [0.2, 0.25) is 0 Å². The summed E-state index contributed by atoms with van der Waals surface area (Å²) in [5.41, 5.74) is 5.64. The highest BCUT2D eigenvalue weighted by molar-refractivity contribution is 5.78. The number of hydrogen-bond acceptors (Lipinski definition) is 3. The summed E-state index contributed by atoms with van der Waals surface area (Å²) in [4.78, 5) is 22.9.